The van der Waals surface area contributed by atoms with Crippen molar-refractivity contribution < 1.29 is 4.39 Å². The molecule has 0 aromatic heterocycles. The molecule has 0 bridgehead atoms. The molecular weight excluding hydrogens is 439 g/mol. The van der Waals surface area contributed by atoms with Gasteiger partial charge in [-0.3, -0.25) is 0 Å². The first-order valence-electron chi connectivity index (χ1n) is 12.2. The Balaban J connectivity index is 0.000000961. The number of hydrogen-bond acceptors (Lipinski definition) is 6. The summed E-state index contributed by atoms with van der Waals surface area (Å²) < 4.78 is 13.8. The Kier molecular flexibility index (Phi) is 14.9. The van der Waals surface area contributed by atoms with Crippen LogP contribution in [0, 0.1) is 5.92 Å². The summed E-state index contributed by atoms with van der Waals surface area (Å²) in [5.74, 6) is 0.197. The van der Waals surface area contributed by atoms with E-state index in [9.17, 15) is 4.39 Å². The summed E-state index contributed by atoms with van der Waals surface area (Å²) in [6, 6.07) is 6.16. The number of halogens is 1. The molecule has 2 rings (SSSR count). The largest absolute Gasteiger partial charge is 0.400 e. The van der Waals surface area contributed by atoms with Crippen molar-refractivity contribution in [2.24, 2.45) is 23.1 Å². The molecule has 0 amide bonds. The van der Waals surface area contributed by atoms with Crippen LogP contribution in [0.3, 0.4) is 0 Å². The third-order valence-corrected chi connectivity index (χ3v) is 5.71. The highest BCUT2D eigenvalue weighted by Gasteiger charge is 2.16. The standard InChI is InChI=1S/C19H26FN5.C7H15N.C2H6/c1-11(21)16(10-18(20)12(2)22)14(4)25-15-7-8-19(24-6)17(9-15)13(3)23-5;1-6-4-2-3-5-7(6)8;1-2/h7-10,23-25H,1,3-4,21-22H2,2,5-6H3;6-7H,2-5,8H2,1H3;1-2H3/b16-10-,18-12-;;. The van der Waals surface area contributed by atoms with Crippen LogP contribution < -0.4 is 33.2 Å². The molecule has 9 N–H and O–H groups in total. The van der Waals surface area contributed by atoms with Crippen molar-refractivity contribution in [1.82, 2.24) is 5.32 Å². The van der Waals surface area contributed by atoms with Crippen LogP contribution in [0.15, 0.2) is 72.5 Å². The van der Waals surface area contributed by atoms with Crippen molar-refractivity contribution >= 4 is 17.1 Å². The fraction of sp³-hybridized carbons (Fsp3) is 0.429. The topological polar surface area (TPSA) is 114 Å². The van der Waals surface area contributed by atoms with Crippen LogP contribution in [-0.2, 0) is 0 Å². The Bertz CT molecular complexity index is 902. The van der Waals surface area contributed by atoms with Crippen molar-refractivity contribution in [3.05, 3.63) is 78.1 Å². The van der Waals surface area contributed by atoms with E-state index in [0.717, 1.165) is 28.6 Å². The number of benzene rings is 1. The lowest BCUT2D eigenvalue weighted by atomic mass is 9.87. The zero-order valence-electron chi connectivity index (χ0n) is 22.5. The second-order valence-corrected chi connectivity index (χ2v) is 8.38. The van der Waals surface area contributed by atoms with Crippen molar-refractivity contribution in [1.29, 1.82) is 0 Å². The normalized spacial score (nSPS) is 17.9. The average molecular weight is 487 g/mol. The van der Waals surface area contributed by atoms with E-state index in [2.05, 4.69) is 42.6 Å². The van der Waals surface area contributed by atoms with E-state index in [1.54, 1.807) is 7.05 Å². The van der Waals surface area contributed by atoms with E-state index in [-0.39, 0.29) is 11.4 Å². The summed E-state index contributed by atoms with van der Waals surface area (Å²) in [7, 11) is 3.63. The summed E-state index contributed by atoms with van der Waals surface area (Å²) in [5.41, 5.74) is 21.3. The SMILES string of the molecule is C=C(N)/C(=C/C(F)=C(\C)N)C(=C)Nc1ccc(NC)c(C(=C)NC)c1.CC.CC1CCCCC1N. The van der Waals surface area contributed by atoms with Gasteiger partial charge in [-0.15, -0.1) is 0 Å². The number of allylic oxidation sites excluding steroid dienone is 3. The number of anilines is 2. The predicted octanol–water partition coefficient (Wildman–Crippen LogP) is 5.95. The van der Waals surface area contributed by atoms with Gasteiger partial charge in [0.05, 0.1) is 0 Å². The molecule has 1 aliphatic rings. The lowest BCUT2D eigenvalue weighted by molar-refractivity contribution is 0.331. The quantitative estimate of drug-likeness (QED) is 0.253. The molecule has 2 atom stereocenters. The minimum Gasteiger partial charge on any atom is -0.400 e. The Morgan fingerprint density at radius 2 is 1.69 bits per heavy atom. The van der Waals surface area contributed by atoms with Crippen molar-refractivity contribution in [2.45, 2.75) is 59.4 Å². The highest BCUT2D eigenvalue weighted by atomic mass is 19.1. The van der Waals surface area contributed by atoms with E-state index in [1.165, 1.54) is 38.7 Å². The maximum atomic E-state index is 13.8. The van der Waals surface area contributed by atoms with Gasteiger partial charge in [0.2, 0.25) is 0 Å². The average Bonchev–Trinajstić information content (AvgIpc) is 2.84. The number of nitrogens with one attached hydrogen (secondary N) is 3. The lowest BCUT2D eigenvalue weighted by Gasteiger charge is -2.24. The molecule has 0 saturated heterocycles. The van der Waals surface area contributed by atoms with E-state index < -0.39 is 5.83 Å². The van der Waals surface area contributed by atoms with Crippen LogP contribution in [0.25, 0.3) is 5.70 Å². The minimum atomic E-state index is -0.584. The number of hydrogen-bond donors (Lipinski definition) is 6. The third kappa shape index (κ3) is 10.7. The summed E-state index contributed by atoms with van der Waals surface area (Å²) in [4.78, 5) is 0. The Labute approximate surface area is 212 Å². The maximum Gasteiger partial charge on any atom is 0.142 e. The Hall–Kier alpha value is -3.19. The fourth-order valence-corrected chi connectivity index (χ4v) is 3.43. The lowest BCUT2D eigenvalue weighted by Crippen LogP contribution is -2.30. The van der Waals surface area contributed by atoms with Crippen molar-refractivity contribution in [2.75, 3.05) is 24.7 Å². The van der Waals surface area contributed by atoms with Crippen LogP contribution in [0.2, 0.25) is 0 Å². The van der Waals surface area contributed by atoms with E-state index in [0.29, 0.717) is 17.3 Å². The van der Waals surface area contributed by atoms with Gasteiger partial charge in [-0.25, -0.2) is 4.39 Å². The highest BCUT2D eigenvalue weighted by Crippen LogP contribution is 2.27. The molecule has 35 heavy (non-hydrogen) atoms. The second-order valence-electron chi connectivity index (χ2n) is 8.38. The second kappa shape index (κ2) is 16.4. The van der Waals surface area contributed by atoms with Crippen LogP contribution in [0.1, 0.15) is 58.9 Å². The molecular formula is C28H47FN6. The molecule has 0 spiro atoms. The van der Waals surface area contributed by atoms with Crippen LogP contribution in [-0.4, -0.2) is 20.1 Å². The molecule has 1 saturated carbocycles. The van der Waals surface area contributed by atoms with Gasteiger partial charge in [0, 0.05) is 65.4 Å². The molecule has 0 radical (unpaired) electrons. The minimum absolute atomic E-state index is 0.0533. The zero-order valence-corrected chi connectivity index (χ0v) is 22.5. The first-order valence-corrected chi connectivity index (χ1v) is 12.2. The van der Waals surface area contributed by atoms with Gasteiger partial charge in [0.25, 0.3) is 0 Å². The molecule has 1 aromatic rings. The van der Waals surface area contributed by atoms with Gasteiger partial charge >= 0.3 is 0 Å². The summed E-state index contributed by atoms with van der Waals surface area (Å²) in [6.45, 7) is 19.3. The molecule has 7 heteroatoms. The molecule has 0 heterocycles. The fourth-order valence-electron chi connectivity index (χ4n) is 3.43. The van der Waals surface area contributed by atoms with Gasteiger partial charge < -0.3 is 33.2 Å². The maximum absolute atomic E-state index is 13.8. The van der Waals surface area contributed by atoms with Crippen LogP contribution in [0.4, 0.5) is 15.8 Å². The predicted molar refractivity (Wildman–Crippen MR) is 153 cm³/mol. The van der Waals surface area contributed by atoms with Gasteiger partial charge in [-0.2, -0.15) is 0 Å². The van der Waals surface area contributed by atoms with Crippen molar-refractivity contribution in [3.8, 4) is 0 Å². The van der Waals surface area contributed by atoms with E-state index >= 15 is 0 Å². The van der Waals surface area contributed by atoms with Crippen LogP contribution >= 0.6 is 0 Å². The molecule has 6 nitrogen and oxygen atoms in total. The molecule has 2 unspecified atom stereocenters. The number of nitrogens with two attached hydrogens (primary N) is 3. The monoisotopic (exact) mass is 486 g/mol. The van der Waals surface area contributed by atoms with Gasteiger partial charge in [0.15, 0.2) is 0 Å². The first kappa shape index (κ1) is 31.8. The first-order chi connectivity index (χ1) is 16.5. The zero-order chi connectivity index (χ0) is 27.1. The van der Waals surface area contributed by atoms with Crippen molar-refractivity contribution in [3.63, 3.8) is 0 Å². The summed E-state index contributed by atoms with van der Waals surface area (Å²) in [6.07, 6.45) is 6.56. The van der Waals surface area contributed by atoms with E-state index in [1.807, 2.05) is 39.1 Å². The summed E-state index contributed by atoms with van der Waals surface area (Å²) in [5, 5.41) is 9.23. The molecule has 0 aliphatic heterocycles. The summed E-state index contributed by atoms with van der Waals surface area (Å²) >= 11 is 0. The third-order valence-electron chi connectivity index (χ3n) is 5.71. The van der Waals surface area contributed by atoms with Gasteiger partial charge in [-0.05, 0) is 50.0 Å². The van der Waals surface area contributed by atoms with Gasteiger partial charge in [-0.1, -0.05) is 53.3 Å². The van der Waals surface area contributed by atoms with Crippen LogP contribution in [0.5, 0.6) is 0 Å². The Morgan fingerprint density at radius 3 is 2.11 bits per heavy atom. The molecule has 1 fully saturated rings. The molecule has 196 valence electrons. The Morgan fingerprint density at radius 1 is 1.09 bits per heavy atom. The highest BCUT2D eigenvalue weighted by molar-refractivity contribution is 5.77. The smallest absolute Gasteiger partial charge is 0.142 e. The van der Waals surface area contributed by atoms with Gasteiger partial charge in [0.1, 0.15) is 5.83 Å². The molecule has 1 aliphatic carbocycles. The number of rotatable bonds is 8. The van der Waals surface area contributed by atoms with E-state index in [4.69, 9.17) is 17.2 Å². The molecule has 1 aromatic carbocycles.